The van der Waals surface area contributed by atoms with Crippen molar-refractivity contribution in [3.05, 3.63) is 95.6 Å². The number of carbonyl (C=O) groups is 1. The number of carbonyl (C=O) groups excluding carboxylic acids is 1. The second-order valence-corrected chi connectivity index (χ2v) is 7.75. The van der Waals surface area contributed by atoms with E-state index >= 15 is 0 Å². The molecule has 1 aliphatic heterocycles. The Morgan fingerprint density at radius 3 is 2.24 bits per heavy atom. The summed E-state index contributed by atoms with van der Waals surface area (Å²) in [5.41, 5.74) is 4.70. The van der Waals surface area contributed by atoms with Crippen molar-refractivity contribution < 1.29 is 9.53 Å². The Labute approximate surface area is 172 Å². The van der Waals surface area contributed by atoms with Gasteiger partial charge in [0.2, 0.25) is 5.91 Å². The number of β-lactam (4-membered cyclic amide) rings is 1. The van der Waals surface area contributed by atoms with E-state index in [1.165, 1.54) is 16.7 Å². The average Bonchev–Trinajstić information content (AvgIpc) is 2.77. The molecule has 0 unspecified atom stereocenters. The number of rotatable bonds is 7. The molecule has 3 aromatic carbocycles. The fourth-order valence-electron chi connectivity index (χ4n) is 4.18. The van der Waals surface area contributed by atoms with E-state index in [2.05, 4.69) is 55.5 Å². The summed E-state index contributed by atoms with van der Waals surface area (Å²) in [4.78, 5) is 15.0. The van der Waals surface area contributed by atoms with Crippen molar-refractivity contribution in [3.63, 3.8) is 0 Å². The SMILES string of the molecule is COc1ccc(N2C(=O)[C@H](CCCc3ccccc3)[C@H]2c2ccc(C)cc2)cc1. The van der Waals surface area contributed by atoms with Crippen LogP contribution in [0, 0.1) is 12.8 Å². The highest BCUT2D eigenvalue weighted by molar-refractivity contribution is 6.03. The van der Waals surface area contributed by atoms with Gasteiger partial charge in [0.25, 0.3) is 0 Å². The van der Waals surface area contributed by atoms with Crippen molar-refractivity contribution in [1.82, 2.24) is 0 Å². The number of ether oxygens (including phenoxy) is 1. The van der Waals surface area contributed by atoms with Gasteiger partial charge in [0.05, 0.1) is 19.1 Å². The van der Waals surface area contributed by atoms with E-state index < -0.39 is 0 Å². The van der Waals surface area contributed by atoms with E-state index in [4.69, 9.17) is 4.74 Å². The first kappa shape index (κ1) is 19.3. The lowest BCUT2D eigenvalue weighted by molar-refractivity contribution is -0.130. The van der Waals surface area contributed by atoms with Crippen molar-refractivity contribution in [2.45, 2.75) is 32.2 Å². The number of nitrogens with zero attached hydrogens (tertiary/aromatic N) is 1. The van der Waals surface area contributed by atoms with E-state index in [1.807, 2.05) is 35.2 Å². The molecule has 3 heteroatoms. The smallest absolute Gasteiger partial charge is 0.233 e. The maximum atomic E-state index is 13.1. The van der Waals surface area contributed by atoms with Crippen molar-refractivity contribution >= 4 is 11.6 Å². The van der Waals surface area contributed by atoms with Gasteiger partial charge in [0, 0.05) is 5.69 Å². The largest absolute Gasteiger partial charge is 0.497 e. The number of hydrogen-bond donors (Lipinski definition) is 0. The first-order valence-corrected chi connectivity index (χ1v) is 10.2. The van der Waals surface area contributed by atoms with Crippen LogP contribution < -0.4 is 9.64 Å². The van der Waals surface area contributed by atoms with Crippen LogP contribution in [0.5, 0.6) is 5.75 Å². The normalized spacial score (nSPS) is 18.4. The molecular formula is C26H27NO2. The summed E-state index contributed by atoms with van der Waals surface area (Å²) in [6.45, 7) is 2.09. The summed E-state index contributed by atoms with van der Waals surface area (Å²) < 4.78 is 5.26. The summed E-state index contributed by atoms with van der Waals surface area (Å²) in [7, 11) is 1.65. The molecule has 0 aromatic heterocycles. The average molecular weight is 386 g/mol. The van der Waals surface area contributed by atoms with E-state index in [1.54, 1.807) is 7.11 Å². The van der Waals surface area contributed by atoms with Crippen molar-refractivity contribution in [2.75, 3.05) is 12.0 Å². The Morgan fingerprint density at radius 2 is 1.59 bits per heavy atom. The number of hydrogen-bond acceptors (Lipinski definition) is 2. The fraction of sp³-hybridized carbons (Fsp3) is 0.269. The molecule has 4 rings (SSSR count). The van der Waals surface area contributed by atoms with Crippen LogP contribution in [0.2, 0.25) is 0 Å². The minimum Gasteiger partial charge on any atom is -0.497 e. The third-order valence-electron chi connectivity index (χ3n) is 5.81. The third-order valence-corrected chi connectivity index (χ3v) is 5.81. The quantitative estimate of drug-likeness (QED) is 0.486. The summed E-state index contributed by atoms with van der Waals surface area (Å²) in [5.74, 6) is 1.05. The molecule has 0 bridgehead atoms. The molecule has 3 nitrogen and oxygen atoms in total. The van der Waals surface area contributed by atoms with Crippen LogP contribution in [0.15, 0.2) is 78.9 Å². The predicted octanol–water partition coefficient (Wildman–Crippen LogP) is 5.73. The van der Waals surface area contributed by atoms with Gasteiger partial charge in [-0.25, -0.2) is 0 Å². The molecule has 0 radical (unpaired) electrons. The van der Waals surface area contributed by atoms with Gasteiger partial charge in [-0.1, -0.05) is 60.2 Å². The molecule has 3 aromatic rings. The molecule has 1 fully saturated rings. The van der Waals surface area contributed by atoms with Gasteiger partial charge in [0.1, 0.15) is 5.75 Å². The van der Waals surface area contributed by atoms with Crippen LogP contribution in [0.25, 0.3) is 0 Å². The lowest BCUT2D eigenvalue weighted by Gasteiger charge is -2.47. The molecule has 0 N–H and O–H groups in total. The molecule has 1 heterocycles. The molecule has 1 aliphatic rings. The second kappa shape index (κ2) is 8.52. The van der Waals surface area contributed by atoms with Crippen LogP contribution in [-0.4, -0.2) is 13.0 Å². The van der Waals surface area contributed by atoms with Crippen molar-refractivity contribution in [3.8, 4) is 5.75 Å². The molecule has 1 saturated heterocycles. The Kier molecular flexibility index (Phi) is 5.66. The number of amides is 1. The topological polar surface area (TPSA) is 29.5 Å². The minimum absolute atomic E-state index is 0.0310. The highest BCUT2D eigenvalue weighted by Gasteiger charge is 2.48. The van der Waals surface area contributed by atoms with Gasteiger partial charge in [0.15, 0.2) is 0 Å². The van der Waals surface area contributed by atoms with Gasteiger partial charge >= 0.3 is 0 Å². The highest BCUT2D eigenvalue weighted by Crippen LogP contribution is 2.46. The maximum Gasteiger partial charge on any atom is 0.233 e. The number of aryl methyl sites for hydroxylation is 2. The molecule has 29 heavy (non-hydrogen) atoms. The van der Waals surface area contributed by atoms with Gasteiger partial charge in [-0.05, 0) is 61.6 Å². The van der Waals surface area contributed by atoms with Crippen LogP contribution in [0.3, 0.4) is 0 Å². The lowest BCUT2D eigenvalue weighted by Crippen LogP contribution is -2.55. The van der Waals surface area contributed by atoms with Crippen molar-refractivity contribution in [2.24, 2.45) is 5.92 Å². The van der Waals surface area contributed by atoms with E-state index in [9.17, 15) is 4.79 Å². The third kappa shape index (κ3) is 4.04. The maximum absolute atomic E-state index is 13.1. The number of methoxy groups -OCH3 is 1. The van der Waals surface area contributed by atoms with Gasteiger partial charge in [-0.2, -0.15) is 0 Å². The van der Waals surface area contributed by atoms with Gasteiger partial charge < -0.3 is 9.64 Å². The number of anilines is 1. The monoisotopic (exact) mass is 385 g/mol. The fourth-order valence-corrected chi connectivity index (χ4v) is 4.18. The first-order valence-electron chi connectivity index (χ1n) is 10.2. The Morgan fingerprint density at radius 1 is 0.897 bits per heavy atom. The lowest BCUT2D eigenvalue weighted by atomic mass is 9.78. The van der Waals surface area contributed by atoms with E-state index in [-0.39, 0.29) is 17.9 Å². The molecule has 148 valence electrons. The molecule has 1 amide bonds. The Balaban J connectivity index is 1.53. The number of benzene rings is 3. The van der Waals surface area contributed by atoms with Gasteiger partial charge in [-0.3, -0.25) is 4.79 Å². The summed E-state index contributed by atoms with van der Waals surface area (Å²) in [6, 6.07) is 26.9. The van der Waals surface area contributed by atoms with Gasteiger partial charge in [-0.15, -0.1) is 0 Å². The molecule has 0 aliphatic carbocycles. The summed E-state index contributed by atoms with van der Waals surface area (Å²) >= 11 is 0. The molecular weight excluding hydrogens is 358 g/mol. The highest BCUT2D eigenvalue weighted by atomic mass is 16.5. The molecule has 2 atom stereocenters. The zero-order valence-electron chi connectivity index (χ0n) is 17.0. The summed E-state index contributed by atoms with van der Waals surface area (Å²) in [5, 5.41) is 0. The standard InChI is InChI=1S/C26H27NO2/c1-19-11-13-21(14-12-19)25-24(10-6-9-20-7-4-3-5-8-20)26(28)27(25)22-15-17-23(29-2)18-16-22/h3-5,7-8,11-18,24-25H,6,9-10H2,1-2H3/t24-,25-/m1/s1. The van der Waals surface area contributed by atoms with E-state index in [0.29, 0.717) is 0 Å². The van der Waals surface area contributed by atoms with Crippen molar-refractivity contribution in [1.29, 1.82) is 0 Å². The van der Waals surface area contributed by atoms with Crippen LogP contribution >= 0.6 is 0 Å². The Bertz CT molecular complexity index is 948. The zero-order valence-corrected chi connectivity index (χ0v) is 17.0. The second-order valence-electron chi connectivity index (χ2n) is 7.75. The summed E-state index contributed by atoms with van der Waals surface area (Å²) in [6.07, 6.45) is 2.92. The van der Waals surface area contributed by atoms with E-state index in [0.717, 1.165) is 30.7 Å². The predicted molar refractivity (Wildman–Crippen MR) is 117 cm³/mol. The Hall–Kier alpha value is -3.07. The van der Waals surface area contributed by atoms with Crippen LogP contribution in [0.4, 0.5) is 5.69 Å². The first-order chi connectivity index (χ1) is 14.2. The van der Waals surface area contributed by atoms with Crippen LogP contribution in [0.1, 0.15) is 35.6 Å². The van der Waals surface area contributed by atoms with Crippen LogP contribution in [-0.2, 0) is 11.2 Å². The zero-order chi connectivity index (χ0) is 20.2. The molecule has 0 saturated carbocycles. The minimum atomic E-state index is 0.0310. The molecule has 0 spiro atoms.